The van der Waals surface area contributed by atoms with Crippen molar-refractivity contribution >= 4 is 39.2 Å². The zero-order valence-corrected chi connectivity index (χ0v) is 22.2. The Morgan fingerprint density at radius 1 is 1.32 bits per heavy atom. The van der Waals surface area contributed by atoms with Gasteiger partial charge in [-0.3, -0.25) is 0 Å². The van der Waals surface area contributed by atoms with Crippen LogP contribution in [0.3, 0.4) is 0 Å². The van der Waals surface area contributed by atoms with Crippen molar-refractivity contribution in [1.82, 2.24) is 19.5 Å². The lowest BCUT2D eigenvalue weighted by Gasteiger charge is -2.29. The number of rotatable bonds is 8. The van der Waals surface area contributed by atoms with Gasteiger partial charge >= 0.3 is 0 Å². The number of nitrogens with zero attached hydrogens (tertiary/aromatic N) is 3. The van der Waals surface area contributed by atoms with Gasteiger partial charge in [0.05, 0.1) is 16.0 Å². The van der Waals surface area contributed by atoms with Gasteiger partial charge in [-0.15, -0.1) is 5.10 Å². The SMILES string of the molecule is C=C(C)C(F)(CC)c1cc(Nc2n[nH]c(N)n2)cc(Cl)c1-c1ccc(S(=O)(=O)N2CCC(O)CC2)cc1. The number of piperidine rings is 1. The lowest BCUT2D eigenvalue weighted by Crippen LogP contribution is -2.39. The molecule has 0 spiro atoms. The van der Waals surface area contributed by atoms with Crippen LogP contribution in [0.25, 0.3) is 11.1 Å². The normalized spacial score (nSPS) is 16.9. The van der Waals surface area contributed by atoms with E-state index >= 15 is 4.39 Å². The van der Waals surface area contributed by atoms with Gasteiger partial charge in [-0.25, -0.2) is 17.9 Å². The van der Waals surface area contributed by atoms with E-state index in [4.69, 9.17) is 17.3 Å². The molecule has 1 aromatic heterocycles. The summed E-state index contributed by atoms with van der Waals surface area (Å²) in [7, 11) is -3.73. The van der Waals surface area contributed by atoms with Crippen molar-refractivity contribution in [2.24, 2.45) is 0 Å². The molecule has 0 radical (unpaired) electrons. The second-order valence-electron chi connectivity index (χ2n) is 9.14. The van der Waals surface area contributed by atoms with Crippen LogP contribution in [0.1, 0.15) is 38.7 Å². The van der Waals surface area contributed by atoms with Crippen LogP contribution in [0, 0.1) is 0 Å². The lowest BCUT2D eigenvalue weighted by molar-refractivity contribution is 0.113. The molecule has 12 heteroatoms. The molecule has 1 aliphatic heterocycles. The Hall–Kier alpha value is -2.99. The predicted octanol–water partition coefficient (Wildman–Crippen LogP) is 4.75. The summed E-state index contributed by atoms with van der Waals surface area (Å²) in [4.78, 5) is 4.13. The fourth-order valence-corrected chi connectivity index (χ4v) is 6.29. The predicted molar refractivity (Wildman–Crippen MR) is 143 cm³/mol. The number of allylic oxidation sites excluding steroid dienone is 1. The van der Waals surface area contributed by atoms with Gasteiger partial charge in [0.1, 0.15) is 0 Å². The van der Waals surface area contributed by atoms with Crippen LogP contribution >= 0.6 is 11.6 Å². The molecule has 3 aromatic rings. The monoisotopic (exact) mass is 548 g/mol. The molecule has 1 aliphatic rings. The third-order valence-corrected chi connectivity index (χ3v) is 8.85. The molecular weight excluding hydrogens is 519 g/mol. The first-order chi connectivity index (χ1) is 17.5. The van der Waals surface area contributed by atoms with Gasteiger partial charge in [-0.2, -0.15) is 9.29 Å². The molecule has 1 fully saturated rings. The smallest absolute Gasteiger partial charge is 0.248 e. The Labute approximate surface area is 220 Å². The quantitative estimate of drug-likeness (QED) is 0.298. The first-order valence-electron chi connectivity index (χ1n) is 11.9. The van der Waals surface area contributed by atoms with Crippen molar-refractivity contribution in [1.29, 1.82) is 0 Å². The molecule has 0 saturated carbocycles. The standard InChI is InChI=1S/C25H30ClFN6O3S/c1-4-25(27,15(2)3)20-13-17(29-24-30-23(28)31-32-24)14-21(26)22(20)16-5-7-19(8-6-16)37(35,36)33-11-9-18(34)10-12-33/h5-8,13-14,18,34H,2,4,9-12H2,1,3H3,(H4,28,29,30,31,32). The van der Waals surface area contributed by atoms with Crippen molar-refractivity contribution in [3.8, 4) is 11.1 Å². The van der Waals surface area contributed by atoms with Crippen LogP contribution in [0.5, 0.6) is 0 Å². The number of aliphatic hydroxyl groups is 1. The summed E-state index contributed by atoms with van der Waals surface area (Å²) < 4.78 is 44.0. The maximum Gasteiger partial charge on any atom is 0.248 e. The number of hydrogen-bond acceptors (Lipinski definition) is 7. The number of aromatic amines is 1. The van der Waals surface area contributed by atoms with E-state index < -0.39 is 21.8 Å². The summed E-state index contributed by atoms with van der Waals surface area (Å²) in [6.45, 7) is 7.71. The maximum absolute atomic E-state index is 16.4. The molecule has 1 unspecified atom stereocenters. The summed E-state index contributed by atoms with van der Waals surface area (Å²) in [5.41, 5.74) is 5.70. The van der Waals surface area contributed by atoms with Crippen molar-refractivity contribution < 1.29 is 17.9 Å². The number of H-pyrrole nitrogens is 1. The van der Waals surface area contributed by atoms with Gasteiger partial charge < -0.3 is 16.2 Å². The number of nitrogens with one attached hydrogen (secondary N) is 2. The highest BCUT2D eigenvalue weighted by molar-refractivity contribution is 7.89. The van der Waals surface area contributed by atoms with E-state index in [1.165, 1.54) is 16.4 Å². The average Bonchev–Trinajstić information content (AvgIpc) is 3.27. The Balaban J connectivity index is 1.76. The van der Waals surface area contributed by atoms with E-state index in [1.807, 2.05) is 0 Å². The molecule has 37 heavy (non-hydrogen) atoms. The van der Waals surface area contributed by atoms with E-state index in [1.54, 1.807) is 38.1 Å². The number of hydrogen-bond donors (Lipinski definition) is 4. The number of nitrogens with two attached hydrogens (primary N) is 1. The first kappa shape index (κ1) is 27.1. The lowest BCUT2D eigenvalue weighted by atomic mass is 9.82. The third-order valence-electron chi connectivity index (χ3n) is 6.64. The number of benzene rings is 2. The van der Waals surface area contributed by atoms with E-state index in [9.17, 15) is 13.5 Å². The highest BCUT2D eigenvalue weighted by atomic mass is 35.5. The number of halogens is 2. The summed E-state index contributed by atoms with van der Waals surface area (Å²) in [5.74, 6) is 0.319. The molecule has 1 atom stereocenters. The third kappa shape index (κ3) is 5.35. The van der Waals surface area contributed by atoms with Crippen molar-refractivity contribution in [2.45, 2.75) is 49.8 Å². The Kier molecular flexibility index (Phi) is 7.61. The van der Waals surface area contributed by atoms with E-state index in [0.29, 0.717) is 35.2 Å². The first-order valence-corrected chi connectivity index (χ1v) is 13.7. The number of aliphatic hydroxyl groups excluding tert-OH is 1. The van der Waals surface area contributed by atoms with E-state index in [0.717, 1.165) is 0 Å². The number of anilines is 3. The minimum Gasteiger partial charge on any atom is -0.393 e. The van der Waals surface area contributed by atoms with Gasteiger partial charge in [0.25, 0.3) is 0 Å². The molecule has 0 aliphatic carbocycles. The number of nitrogen functional groups attached to an aromatic ring is 1. The highest BCUT2D eigenvalue weighted by Crippen LogP contribution is 2.46. The fraction of sp³-hybridized carbons (Fsp3) is 0.360. The second-order valence-corrected chi connectivity index (χ2v) is 11.5. The largest absolute Gasteiger partial charge is 0.393 e. The Morgan fingerprint density at radius 3 is 2.51 bits per heavy atom. The van der Waals surface area contributed by atoms with Crippen LogP contribution in [0.4, 0.5) is 22.0 Å². The Morgan fingerprint density at radius 2 is 1.97 bits per heavy atom. The van der Waals surface area contributed by atoms with Gasteiger partial charge in [0, 0.05) is 29.9 Å². The Bertz CT molecular complexity index is 1400. The minimum absolute atomic E-state index is 0.107. The van der Waals surface area contributed by atoms with Gasteiger partial charge in [-0.05, 0) is 61.6 Å². The van der Waals surface area contributed by atoms with Crippen LogP contribution < -0.4 is 11.1 Å². The molecule has 5 N–H and O–H groups in total. The molecular formula is C25H30ClFN6O3S. The zero-order valence-electron chi connectivity index (χ0n) is 20.6. The van der Waals surface area contributed by atoms with E-state index in [-0.39, 0.29) is 46.9 Å². The molecule has 2 heterocycles. The minimum atomic E-state index is -3.73. The molecule has 4 rings (SSSR count). The average molecular weight is 549 g/mol. The molecule has 0 bridgehead atoms. The van der Waals surface area contributed by atoms with Crippen molar-refractivity contribution in [2.75, 3.05) is 24.1 Å². The summed E-state index contributed by atoms with van der Waals surface area (Å²) >= 11 is 6.71. The van der Waals surface area contributed by atoms with Crippen LogP contribution in [0.15, 0.2) is 53.4 Å². The zero-order chi connectivity index (χ0) is 27.0. The van der Waals surface area contributed by atoms with Gasteiger partial charge in [0.15, 0.2) is 5.67 Å². The van der Waals surface area contributed by atoms with Crippen LogP contribution in [-0.2, 0) is 15.7 Å². The molecule has 9 nitrogen and oxygen atoms in total. The summed E-state index contributed by atoms with van der Waals surface area (Å²) in [6, 6.07) is 9.46. The molecule has 198 valence electrons. The number of sulfonamides is 1. The van der Waals surface area contributed by atoms with Gasteiger partial charge in [0.2, 0.25) is 21.9 Å². The maximum atomic E-state index is 16.4. The van der Waals surface area contributed by atoms with Crippen LogP contribution in [0.2, 0.25) is 5.02 Å². The second kappa shape index (κ2) is 10.4. The number of alkyl halides is 1. The summed E-state index contributed by atoms with van der Waals surface area (Å²) in [5, 5.41) is 19.4. The van der Waals surface area contributed by atoms with Crippen molar-refractivity contribution in [3.63, 3.8) is 0 Å². The van der Waals surface area contributed by atoms with Gasteiger partial charge in [-0.1, -0.05) is 37.2 Å². The van der Waals surface area contributed by atoms with Crippen LogP contribution in [-0.4, -0.2) is 52.2 Å². The molecule has 0 amide bonds. The summed E-state index contributed by atoms with van der Waals surface area (Å²) in [6.07, 6.45) is 0.415. The van der Waals surface area contributed by atoms with E-state index in [2.05, 4.69) is 27.1 Å². The van der Waals surface area contributed by atoms with Crippen molar-refractivity contribution in [3.05, 3.63) is 59.1 Å². The fourth-order valence-electron chi connectivity index (χ4n) is 4.49. The number of aromatic nitrogens is 3. The topological polar surface area (TPSA) is 137 Å². The molecule has 2 aromatic carbocycles. The highest BCUT2D eigenvalue weighted by Gasteiger charge is 2.35. The molecule has 1 saturated heterocycles.